The molecule has 0 fully saturated rings. The summed E-state index contributed by atoms with van der Waals surface area (Å²) in [6.07, 6.45) is 4.60. The van der Waals surface area contributed by atoms with Crippen LogP contribution in [0.15, 0.2) is 84.0 Å². The Morgan fingerprint density at radius 3 is 2.55 bits per heavy atom. The first-order valence-corrected chi connectivity index (χ1v) is 11.9. The van der Waals surface area contributed by atoms with Crippen LogP contribution in [-0.4, -0.2) is 39.1 Å². The number of methoxy groups -OCH3 is 1. The maximum absolute atomic E-state index is 14.4. The number of benzene rings is 2. The van der Waals surface area contributed by atoms with Crippen LogP contribution >= 0.6 is 0 Å². The normalized spacial score (nSPS) is 10.9. The van der Waals surface area contributed by atoms with Crippen LogP contribution in [0.4, 0.5) is 17.6 Å². The molecule has 1 amide bonds. The number of hydrogen-bond acceptors (Lipinski definition) is 8. The Labute approximate surface area is 218 Å². The van der Waals surface area contributed by atoms with Crippen LogP contribution in [0.3, 0.4) is 0 Å². The van der Waals surface area contributed by atoms with E-state index in [9.17, 15) is 9.59 Å². The number of primary amides is 1. The Balaban J connectivity index is 1.87. The quantitative estimate of drug-likeness (QED) is 0.340. The predicted octanol–water partition coefficient (Wildman–Crippen LogP) is 3.69. The van der Waals surface area contributed by atoms with Gasteiger partial charge in [-0.25, -0.2) is 4.98 Å². The van der Waals surface area contributed by atoms with E-state index in [1.807, 2.05) is 67.6 Å². The molecule has 0 saturated heterocycles. The predicted molar refractivity (Wildman–Crippen MR) is 147 cm³/mol. The monoisotopic (exact) mass is 507 g/mol. The summed E-state index contributed by atoms with van der Waals surface area (Å²) in [6.45, 7) is 2.24. The van der Waals surface area contributed by atoms with Gasteiger partial charge in [0.15, 0.2) is 5.82 Å². The molecule has 0 radical (unpaired) electrons. The van der Waals surface area contributed by atoms with Gasteiger partial charge < -0.3 is 21.1 Å². The van der Waals surface area contributed by atoms with Gasteiger partial charge in [-0.15, -0.1) is 0 Å². The van der Waals surface area contributed by atoms with Crippen molar-refractivity contribution in [2.24, 2.45) is 5.73 Å². The van der Waals surface area contributed by atoms with E-state index in [2.05, 4.69) is 15.0 Å². The average molecular weight is 508 g/mol. The number of amides is 1. The van der Waals surface area contributed by atoms with Crippen molar-refractivity contribution in [3.63, 3.8) is 0 Å². The molecule has 0 atom stereocenters. The highest BCUT2D eigenvalue weighted by molar-refractivity contribution is 6.00. The van der Waals surface area contributed by atoms with E-state index in [-0.39, 0.29) is 22.9 Å². The van der Waals surface area contributed by atoms with Gasteiger partial charge in [0, 0.05) is 24.5 Å². The molecule has 0 aliphatic carbocycles. The largest absolute Gasteiger partial charge is 0.495 e. The first-order chi connectivity index (χ1) is 18.4. The van der Waals surface area contributed by atoms with Crippen LogP contribution in [0.5, 0.6) is 5.75 Å². The van der Waals surface area contributed by atoms with Gasteiger partial charge in [0.1, 0.15) is 17.1 Å². The second-order valence-corrected chi connectivity index (χ2v) is 8.44. The standard InChI is InChI=1S/C28H25N7O3/c1-3-34(26-22(25(29)36)16-32-28(30)33-26)23-13-17-8-7-11-21(18-12-20(38-2)15-31-14-18)24(17)27(37)35(23)19-9-5-4-6-10-19/h4-16H,3H2,1-2H3,(H2,29,36)(H2,30,32,33). The number of para-hydroxylation sites is 1. The second kappa shape index (κ2) is 10.0. The first-order valence-electron chi connectivity index (χ1n) is 11.9. The molecule has 3 heterocycles. The summed E-state index contributed by atoms with van der Waals surface area (Å²) < 4.78 is 6.94. The minimum Gasteiger partial charge on any atom is -0.495 e. The van der Waals surface area contributed by atoms with Gasteiger partial charge in [-0.2, -0.15) is 4.98 Å². The van der Waals surface area contributed by atoms with Gasteiger partial charge in [-0.3, -0.25) is 19.1 Å². The van der Waals surface area contributed by atoms with Crippen molar-refractivity contribution in [2.75, 3.05) is 24.3 Å². The number of nitrogen functional groups attached to an aromatic ring is 1. The van der Waals surface area contributed by atoms with Gasteiger partial charge >= 0.3 is 0 Å². The third kappa shape index (κ3) is 4.28. The van der Waals surface area contributed by atoms with Crippen LogP contribution in [0.25, 0.3) is 27.6 Å². The molecule has 0 saturated carbocycles. The lowest BCUT2D eigenvalue weighted by molar-refractivity contribution is 0.1000. The van der Waals surface area contributed by atoms with E-state index < -0.39 is 5.91 Å². The smallest absolute Gasteiger partial charge is 0.265 e. The summed E-state index contributed by atoms with van der Waals surface area (Å²) in [5.74, 6) is 0.546. The molecule has 38 heavy (non-hydrogen) atoms. The third-order valence-corrected chi connectivity index (χ3v) is 6.20. The zero-order valence-electron chi connectivity index (χ0n) is 20.8. The molecule has 0 spiro atoms. The molecule has 5 aromatic rings. The number of hydrogen-bond donors (Lipinski definition) is 2. The fourth-order valence-corrected chi connectivity index (χ4v) is 4.48. The summed E-state index contributed by atoms with van der Waals surface area (Å²) in [5.41, 5.74) is 13.4. The average Bonchev–Trinajstić information content (AvgIpc) is 2.93. The summed E-state index contributed by atoms with van der Waals surface area (Å²) in [6, 6.07) is 18.6. The van der Waals surface area contributed by atoms with Crippen LogP contribution in [0.1, 0.15) is 17.3 Å². The Morgan fingerprint density at radius 2 is 1.84 bits per heavy atom. The number of carbonyl (C=O) groups excluding carboxylic acids is 1. The molecule has 10 nitrogen and oxygen atoms in total. The van der Waals surface area contributed by atoms with Crippen molar-refractivity contribution >= 4 is 34.3 Å². The number of nitrogens with two attached hydrogens (primary N) is 2. The van der Waals surface area contributed by atoms with Gasteiger partial charge in [-0.05, 0) is 42.1 Å². The maximum atomic E-state index is 14.4. The van der Waals surface area contributed by atoms with E-state index in [0.29, 0.717) is 40.1 Å². The fourth-order valence-electron chi connectivity index (χ4n) is 4.48. The van der Waals surface area contributed by atoms with Crippen molar-refractivity contribution in [3.8, 4) is 22.6 Å². The van der Waals surface area contributed by atoms with Crippen LogP contribution in [0.2, 0.25) is 0 Å². The Hall–Kier alpha value is -5.25. The fraction of sp³-hybridized carbons (Fsp3) is 0.107. The zero-order chi connectivity index (χ0) is 26.8. The third-order valence-electron chi connectivity index (χ3n) is 6.20. The molecule has 190 valence electrons. The summed E-state index contributed by atoms with van der Waals surface area (Å²) in [5, 5.41) is 1.20. The van der Waals surface area contributed by atoms with E-state index in [1.54, 1.807) is 29.0 Å². The number of aromatic nitrogens is 4. The van der Waals surface area contributed by atoms with Crippen molar-refractivity contribution in [1.29, 1.82) is 0 Å². The van der Waals surface area contributed by atoms with Gasteiger partial charge in [0.05, 0.1) is 24.4 Å². The Bertz CT molecular complexity index is 1720. The Kier molecular flexibility index (Phi) is 6.44. The van der Waals surface area contributed by atoms with E-state index in [1.165, 1.54) is 6.20 Å². The molecule has 5 rings (SSSR count). The van der Waals surface area contributed by atoms with Gasteiger partial charge in [-0.1, -0.05) is 36.4 Å². The number of nitrogens with zero attached hydrogens (tertiary/aromatic N) is 5. The molecule has 0 bridgehead atoms. The number of pyridine rings is 2. The SMILES string of the molecule is CCN(c1nc(N)ncc1C(N)=O)c1cc2cccc(-c3cncc(OC)c3)c2c(=O)n1-c1ccccc1. The molecule has 0 aliphatic rings. The van der Waals surface area contributed by atoms with Crippen LogP contribution in [-0.2, 0) is 0 Å². The molecule has 2 aromatic carbocycles. The highest BCUT2D eigenvalue weighted by Crippen LogP contribution is 2.34. The number of anilines is 3. The minimum atomic E-state index is -0.708. The highest BCUT2D eigenvalue weighted by atomic mass is 16.5. The van der Waals surface area contributed by atoms with Crippen molar-refractivity contribution in [2.45, 2.75) is 6.92 Å². The topological polar surface area (TPSA) is 142 Å². The molecule has 10 heteroatoms. The van der Waals surface area contributed by atoms with Crippen molar-refractivity contribution in [1.82, 2.24) is 19.5 Å². The number of carbonyl (C=O) groups is 1. The lowest BCUT2D eigenvalue weighted by Gasteiger charge is -2.27. The van der Waals surface area contributed by atoms with Crippen molar-refractivity contribution in [3.05, 3.63) is 95.2 Å². The number of rotatable bonds is 7. The summed E-state index contributed by atoms with van der Waals surface area (Å²) in [7, 11) is 1.57. The lowest BCUT2D eigenvalue weighted by atomic mass is 10.00. The zero-order valence-corrected chi connectivity index (χ0v) is 20.8. The van der Waals surface area contributed by atoms with Gasteiger partial charge in [0.25, 0.3) is 11.5 Å². The Morgan fingerprint density at radius 1 is 1.05 bits per heavy atom. The molecular weight excluding hydrogens is 482 g/mol. The van der Waals surface area contributed by atoms with Gasteiger partial charge in [0.2, 0.25) is 5.95 Å². The molecule has 0 unspecified atom stereocenters. The second-order valence-electron chi connectivity index (χ2n) is 8.44. The number of fused-ring (bicyclic) bond motifs is 1. The molecular formula is C28H25N7O3. The van der Waals surface area contributed by atoms with E-state index in [0.717, 1.165) is 5.56 Å². The maximum Gasteiger partial charge on any atom is 0.265 e. The van der Waals surface area contributed by atoms with Crippen LogP contribution in [0, 0.1) is 0 Å². The molecule has 3 aromatic heterocycles. The lowest BCUT2D eigenvalue weighted by Crippen LogP contribution is -2.30. The van der Waals surface area contributed by atoms with Crippen molar-refractivity contribution < 1.29 is 9.53 Å². The van der Waals surface area contributed by atoms with E-state index >= 15 is 0 Å². The highest BCUT2D eigenvalue weighted by Gasteiger charge is 2.24. The first kappa shape index (κ1) is 24.4. The number of ether oxygens (including phenoxy) is 1. The van der Waals surface area contributed by atoms with Crippen LogP contribution < -0.4 is 26.7 Å². The summed E-state index contributed by atoms with van der Waals surface area (Å²) >= 11 is 0. The van der Waals surface area contributed by atoms with E-state index in [4.69, 9.17) is 16.2 Å². The molecule has 4 N–H and O–H groups in total. The molecule has 0 aliphatic heterocycles. The minimum absolute atomic E-state index is 0.0225. The summed E-state index contributed by atoms with van der Waals surface area (Å²) in [4.78, 5) is 40.9.